The topological polar surface area (TPSA) is 34.1 Å². The van der Waals surface area contributed by atoms with E-state index in [0.717, 1.165) is 6.42 Å². The Kier molecular flexibility index (Phi) is 5.16. The van der Waals surface area contributed by atoms with Gasteiger partial charge in [0.05, 0.1) is 4.90 Å². The Morgan fingerprint density at radius 3 is 2.35 bits per heavy atom. The van der Waals surface area contributed by atoms with Crippen molar-refractivity contribution in [1.82, 2.24) is 0 Å². The van der Waals surface area contributed by atoms with E-state index in [-0.39, 0.29) is 0 Å². The zero-order valence-corrected chi connectivity index (χ0v) is 11.0. The zero-order chi connectivity index (χ0) is 12.7. The van der Waals surface area contributed by atoms with Crippen molar-refractivity contribution in [1.29, 1.82) is 0 Å². The second kappa shape index (κ2) is 6.40. The highest BCUT2D eigenvalue weighted by atomic mass is 32.2. The molecule has 17 heavy (non-hydrogen) atoms. The quantitative estimate of drug-likeness (QED) is 0.751. The third-order valence-electron chi connectivity index (χ3n) is 2.37. The molecule has 0 aromatic heterocycles. The summed E-state index contributed by atoms with van der Waals surface area (Å²) in [5.41, 5.74) is 0. The lowest BCUT2D eigenvalue weighted by Crippen LogP contribution is -2.16. The molecule has 0 saturated carbocycles. The van der Waals surface area contributed by atoms with Crippen molar-refractivity contribution >= 4 is 9.84 Å². The molecule has 0 heterocycles. The van der Waals surface area contributed by atoms with Gasteiger partial charge < -0.3 is 0 Å². The lowest BCUT2D eigenvalue weighted by atomic mass is 10.3. The van der Waals surface area contributed by atoms with Crippen LogP contribution in [0.25, 0.3) is 0 Å². The molecule has 1 rings (SSSR count). The maximum absolute atomic E-state index is 12.3. The lowest BCUT2D eigenvalue weighted by Gasteiger charge is -2.10. The van der Waals surface area contributed by atoms with Crippen molar-refractivity contribution in [2.45, 2.75) is 30.4 Å². The summed E-state index contributed by atoms with van der Waals surface area (Å²) in [6.07, 6.45) is 7.92. The number of hydrogen-bond donors (Lipinski definition) is 0. The number of hydrogen-bond acceptors (Lipinski definition) is 2. The van der Waals surface area contributed by atoms with E-state index in [1.807, 2.05) is 26.0 Å². The molecule has 0 radical (unpaired) electrons. The van der Waals surface area contributed by atoms with E-state index in [1.165, 1.54) is 0 Å². The largest absolute Gasteiger partial charge is 0.223 e. The van der Waals surface area contributed by atoms with Crippen LogP contribution >= 0.6 is 0 Å². The minimum Gasteiger partial charge on any atom is -0.223 e. The van der Waals surface area contributed by atoms with Crippen LogP contribution in [-0.2, 0) is 9.84 Å². The highest BCUT2D eigenvalue weighted by molar-refractivity contribution is 7.92. The molecular formula is C14H18O2S. The molecule has 1 atom stereocenters. The van der Waals surface area contributed by atoms with Crippen LogP contribution in [0, 0.1) is 0 Å². The summed E-state index contributed by atoms with van der Waals surface area (Å²) in [6.45, 7) is 3.81. The molecule has 0 N–H and O–H groups in total. The Balaban J connectivity index is 3.14. The van der Waals surface area contributed by atoms with Crippen molar-refractivity contribution in [3.05, 3.63) is 54.6 Å². The van der Waals surface area contributed by atoms with Gasteiger partial charge in [0.1, 0.15) is 5.25 Å². The van der Waals surface area contributed by atoms with Crippen LogP contribution < -0.4 is 0 Å². The van der Waals surface area contributed by atoms with Crippen molar-refractivity contribution in [3.8, 4) is 0 Å². The van der Waals surface area contributed by atoms with Crippen LogP contribution in [0.1, 0.15) is 20.3 Å². The summed E-state index contributed by atoms with van der Waals surface area (Å²) in [4.78, 5) is 0.365. The van der Waals surface area contributed by atoms with E-state index in [2.05, 4.69) is 0 Å². The molecule has 0 fully saturated rings. The molecule has 1 aromatic carbocycles. The first-order valence-corrected chi connectivity index (χ1v) is 7.26. The summed E-state index contributed by atoms with van der Waals surface area (Å²) < 4.78 is 24.7. The van der Waals surface area contributed by atoms with Gasteiger partial charge >= 0.3 is 0 Å². The standard InChI is InChI=1S/C14H18O2S/c1-3-5-10-13(9-4-2)17(15,16)14-11-7-6-8-12-14/h4-13H,3H2,1-2H3/b9-4+,10-5+. The van der Waals surface area contributed by atoms with Crippen LogP contribution in [0.5, 0.6) is 0 Å². The Labute approximate surface area is 104 Å². The minimum atomic E-state index is -3.31. The van der Waals surface area contributed by atoms with E-state index in [9.17, 15) is 8.42 Å². The molecule has 2 nitrogen and oxygen atoms in total. The summed E-state index contributed by atoms with van der Waals surface area (Å²) in [5, 5.41) is -0.574. The van der Waals surface area contributed by atoms with Gasteiger partial charge in [-0.1, -0.05) is 49.4 Å². The lowest BCUT2D eigenvalue weighted by molar-refractivity contribution is 0.594. The van der Waals surface area contributed by atoms with Gasteiger partial charge in [0.15, 0.2) is 9.84 Å². The first-order valence-electron chi connectivity index (χ1n) is 5.71. The molecule has 1 aromatic rings. The van der Waals surface area contributed by atoms with E-state index in [0.29, 0.717) is 4.90 Å². The van der Waals surface area contributed by atoms with Crippen molar-refractivity contribution < 1.29 is 8.42 Å². The molecule has 0 amide bonds. The average Bonchev–Trinajstić information content (AvgIpc) is 2.35. The summed E-state index contributed by atoms with van der Waals surface area (Å²) in [7, 11) is -3.31. The van der Waals surface area contributed by atoms with Crippen molar-refractivity contribution in [2.75, 3.05) is 0 Å². The summed E-state index contributed by atoms with van der Waals surface area (Å²) >= 11 is 0. The van der Waals surface area contributed by atoms with Crippen LogP contribution in [-0.4, -0.2) is 13.7 Å². The van der Waals surface area contributed by atoms with Crippen LogP contribution in [0.2, 0.25) is 0 Å². The van der Waals surface area contributed by atoms with Crippen LogP contribution in [0.15, 0.2) is 59.5 Å². The highest BCUT2D eigenvalue weighted by Gasteiger charge is 2.21. The first-order chi connectivity index (χ1) is 8.12. The molecule has 0 bridgehead atoms. The van der Waals surface area contributed by atoms with Gasteiger partial charge in [-0.2, -0.15) is 0 Å². The number of sulfone groups is 1. The molecule has 1 unspecified atom stereocenters. The Morgan fingerprint density at radius 1 is 1.18 bits per heavy atom. The highest BCUT2D eigenvalue weighted by Crippen LogP contribution is 2.18. The van der Waals surface area contributed by atoms with Gasteiger partial charge in [-0.25, -0.2) is 8.42 Å². The molecule has 0 aliphatic carbocycles. The van der Waals surface area contributed by atoms with Gasteiger partial charge in [0.25, 0.3) is 0 Å². The van der Waals surface area contributed by atoms with Crippen molar-refractivity contribution in [2.24, 2.45) is 0 Å². The van der Waals surface area contributed by atoms with Gasteiger partial charge in [-0.3, -0.25) is 0 Å². The number of allylic oxidation sites excluding steroid dienone is 2. The fourth-order valence-corrected chi connectivity index (χ4v) is 3.03. The van der Waals surface area contributed by atoms with Gasteiger partial charge in [0, 0.05) is 0 Å². The second-order valence-corrected chi connectivity index (χ2v) is 5.79. The summed E-state index contributed by atoms with van der Waals surface area (Å²) in [5.74, 6) is 0. The molecule has 0 saturated heterocycles. The third-order valence-corrected chi connectivity index (χ3v) is 4.33. The normalized spacial score (nSPS) is 14.5. The van der Waals surface area contributed by atoms with Gasteiger partial charge in [-0.05, 0) is 25.5 Å². The van der Waals surface area contributed by atoms with Gasteiger partial charge in [-0.15, -0.1) is 0 Å². The first kappa shape index (κ1) is 13.7. The molecule has 3 heteroatoms. The SMILES string of the molecule is C/C=C/C(/C=C/CC)S(=O)(=O)c1ccccc1. The fourth-order valence-electron chi connectivity index (χ4n) is 1.50. The third kappa shape index (κ3) is 3.56. The predicted molar refractivity (Wildman–Crippen MR) is 71.7 cm³/mol. The monoisotopic (exact) mass is 250 g/mol. The molecular weight excluding hydrogens is 232 g/mol. The Morgan fingerprint density at radius 2 is 1.82 bits per heavy atom. The van der Waals surface area contributed by atoms with E-state index in [1.54, 1.807) is 42.5 Å². The Hall–Kier alpha value is -1.35. The van der Waals surface area contributed by atoms with E-state index in [4.69, 9.17) is 0 Å². The maximum atomic E-state index is 12.3. The molecule has 0 aliphatic rings. The number of rotatable bonds is 5. The predicted octanol–water partition coefficient (Wildman–Crippen LogP) is 3.37. The smallest absolute Gasteiger partial charge is 0.188 e. The van der Waals surface area contributed by atoms with Crippen LogP contribution in [0.3, 0.4) is 0 Å². The minimum absolute atomic E-state index is 0.365. The number of benzene rings is 1. The molecule has 0 spiro atoms. The Bertz CT molecular complexity index is 484. The van der Waals surface area contributed by atoms with Crippen LogP contribution in [0.4, 0.5) is 0 Å². The second-order valence-electron chi connectivity index (χ2n) is 3.68. The summed E-state index contributed by atoms with van der Waals surface area (Å²) in [6, 6.07) is 8.55. The fraction of sp³-hybridized carbons (Fsp3) is 0.286. The van der Waals surface area contributed by atoms with E-state index < -0.39 is 15.1 Å². The molecule has 0 aliphatic heterocycles. The maximum Gasteiger partial charge on any atom is 0.188 e. The van der Waals surface area contributed by atoms with Gasteiger partial charge in [0.2, 0.25) is 0 Å². The van der Waals surface area contributed by atoms with E-state index >= 15 is 0 Å². The van der Waals surface area contributed by atoms with Crippen molar-refractivity contribution in [3.63, 3.8) is 0 Å². The zero-order valence-electron chi connectivity index (χ0n) is 10.2. The molecule has 92 valence electrons. The average molecular weight is 250 g/mol.